The van der Waals surface area contributed by atoms with Crippen molar-refractivity contribution in [2.75, 3.05) is 0 Å². The van der Waals surface area contributed by atoms with E-state index in [1.807, 2.05) is 19.1 Å². The molecule has 4 heteroatoms. The SMILES string of the molecule is CC=CCCc1ccc(-c2ccc(-c3ccc(C4=CCC(C5CCC(CCCC)CC5)CC4)c(F)c3F)cc2)c(F)c1F. The molecule has 2 aliphatic carbocycles. The molecule has 0 amide bonds. The summed E-state index contributed by atoms with van der Waals surface area (Å²) in [4.78, 5) is 0. The summed E-state index contributed by atoms with van der Waals surface area (Å²) >= 11 is 0. The average Bonchev–Trinajstić information content (AvgIpc) is 3.04. The molecule has 1 atom stereocenters. The highest BCUT2D eigenvalue weighted by Gasteiger charge is 2.29. The average molecular weight is 589 g/mol. The lowest BCUT2D eigenvalue weighted by Crippen LogP contribution is -2.23. The molecule has 0 saturated heterocycles. The zero-order chi connectivity index (χ0) is 30.3. The number of unbranched alkanes of at least 4 members (excludes halogenated alkanes) is 1. The van der Waals surface area contributed by atoms with Gasteiger partial charge in [-0.2, -0.15) is 0 Å². The van der Waals surface area contributed by atoms with E-state index in [9.17, 15) is 8.78 Å². The molecule has 0 N–H and O–H groups in total. The molecule has 3 aromatic rings. The van der Waals surface area contributed by atoms with Crippen LogP contribution < -0.4 is 0 Å². The summed E-state index contributed by atoms with van der Waals surface area (Å²) in [5.41, 5.74) is 2.87. The molecule has 3 aromatic carbocycles. The quantitative estimate of drug-likeness (QED) is 0.163. The van der Waals surface area contributed by atoms with Crippen molar-refractivity contribution in [1.29, 1.82) is 0 Å². The molecule has 1 unspecified atom stereocenters. The molecule has 0 spiro atoms. The van der Waals surface area contributed by atoms with Crippen LogP contribution in [0.15, 0.2) is 66.8 Å². The molecule has 0 nitrogen and oxygen atoms in total. The van der Waals surface area contributed by atoms with Crippen molar-refractivity contribution in [2.24, 2.45) is 17.8 Å². The Morgan fingerprint density at radius 2 is 1.30 bits per heavy atom. The van der Waals surface area contributed by atoms with E-state index in [-0.39, 0.29) is 11.1 Å². The first-order valence-corrected chi connectivity index (χ1v) is 16.3. The van der Waals surface area contributed by atoms with Crippen molar-refractivity contribution < 1.29 is 17.6 Å². The zero-order valence-electron chi connectivity index (χ0n) is 25.6. The lowest BCUT2D eigenvalue weighted by atomic mass is 9.70. The van der Waals surface area contributed by atoms with Gasteiger partial charge in [0.05, 0.1) is 0 Å². The Kier molecular flexibility index (Phi) is 10.6. The molecule has 0 bridgehead atoms. The van der Waals surface area contributed by atoms with Crippen LogP contribution in [0.3, 0.4) is 0 Å². The number of benzene rings is 3. The molecule has 0 radical (unpaired) electrons. The van der Waals surface area contributed by atoms with Gasteiger partial charge in [-0.1, -0.05) is 106 Å². The maximum absolute atomic E-state index is 15.4. The van der Waals surface area contributed by atoms with Crippen molar-refractivity contribution >= 4 is 5.57 Å². The number of allylic oxidation sites excluding steroid dienone is 4. The second-order valence-electron chi connectivity index (χ2n) is 12.6. The first kappa shape index (κ1) is 31.3. The van der Waals surface area contributed by atoms with Crippen molar-refractivity contribution in [3.8, 4) is 22.3 Å². The highest BCUT2D eigenvalue weighted by atomic mass is 19.2. The minimum atomic E-state index is -0.894. The minimum absolute atomic E-state index is 0.146. The second kappa shape index (κ2) is 14.6. The monoisotopic (exact) mass is 588 g/mol. The Morgan fingerprint density at radius 3 is 1.91 bits per heavy atom. The van der Waals surface area contributed by atoms with Gasteiger partial charge in [-0.3, -0.25) is 0 Å². The van der Waals surface area contributed by atoms with Gasteiger partial charge in [0.2, 0.25) is 0 Å². The largest absolute Gasteiger partial charge is 0.203 e. The second-order valence-corrected chi connectivity index (χ2v) is 12.6. The van der Waals surface area contributed by atoms with Gasteiger partial charge in [0, 0.05) is 16.7 Å². The number of hydrogen-bond acceptors (Lipinski definition) is 0. The Bertz CT molecular complexity index is 1440. The van der Waals surface area contributed by atoms with Crippen LogP contribution in [0.5, 0.6) is 0 Å². The molecule has 1 fully saturated rings. The fraction of sp³-hybridized carbons (Fsp3) is 0.436. The van der Waals surface area contributed by atoms with Crippen molar-refractivity contribution in [3.05, 3.63) is 101 Å². The van der Waals surface area contributed by atoms with Crippen LogP contribution in [0.1, 0.15) is 95.6 Å². The van der Waals surface area contributed by atoms with E-state index in [1.165, 1.54) is 44.9 Å². The lowest BCUT2D eigenvalue weighted by molar-refractivity contribution is 0.188. The topological polar surface area (TPSA) is 0 Å². The van der Waals surface area contributed by atoms with Crippen molar-refractivity contribution in [3.63, 3.8) is 0 Å². The van der Waals surface area contributed by atoms with E-state index in [2.05, 4.69) is 13.0 Å². The summed E-state index contributed by atoms with van der Waals surface area (Å²) in [6.07, 6.45) is 19.0. The van der Waals surface area contributed by atoms with Gasteiger partial charge in [-0.05, 0) is 91.9 Å². The summed E-state index contributed by atoms with van der Waals surface area (Å²) in [5.74, 6) is -1.12. The van der Waals surface area contributed by atoms with Gasteiger partial charge in [0.25, 0.3) is 0 Å². The van der Waals surface area contributed by atoms with Crippen LogP contribution in [0.4, 0.5) is 17.6 Å². The summed E-state index contributed by atoms with van der Waals surface area (Å²) in [6, 6.07) is 13.0. The highest BCUT2D eigenvalue weighted by molar-refractivity contribution is 5.74. The number of rotatable bonds is 10. The fourth-order valence-corrected chi connectivity index (χ4v) is 7.23. The maximum atomic E-state index is 15.4. The van der Waals surface area contributed by atoms with E-state index in [0.717, 1.165) is 36.7 Å². The summed E-state index contributed by atoms with van der Waals surface area (Å²) in [6.45, 7) is 4.15. The molecule has 43 heavy (non-hydrogen) atoms. The summed E-state index contributed by atoms with van der Waals surface area (Å²) in [5, 5.41) is 0. The molecule has 228 valence electrons. The Hall–Kier alpha value is -3.14. The van der Waals surface area contributed by atoms with Gasteiger partial charge in [-0.15, -0.1) is 0 Å². The third-order valence-electron chi connectivity index (χ3n) is 9.89. The Morgan fingerprint density at radius 1 is 0.698 bits per heavy atom. The van der Waals surface area contributed by atoms with E-state index in [4.69, 9.17) is 0 Å². The van der Waals surface area contributed by atoms with Crippen LogP contribution in [0.25, 0.3) is 27.8 Å². The fourth-order valence-electron chi connectivity index (χ4n) is 7.23. The summed E-state index contributed by atoms with van der Waals surface area (Å²) in [7, 11) is 0. The standard InChI is InChI=1S/C39H44F4/c1-3-5-7-9-32-22-23-33(37(41)36(32)40)30-18-20-31(21-19-30)35-25-24-34(38(42)39(35)43)29-16-14-28(15-17-29)27-12-10-26(11-13-27)8-6-4-2/h3,5,16,18-28H,4,6-15,17H2,1-2H3. The molecule has 0 aromatic heterocycles. The maximum Gasteiger partial charge on any atom is 0.167 e. The van der Waals surface area contributed by atoms with Gasteiger partial charge < -0.3 is 0 Å². The van der Waals surface area contributed by atoms with Gasteiger partial charge in [-0.25, -0.2) is 17.6 Å². The highest BCUT2D eigenvalue weighted by Crippen LogP contribution is 2.43. The third-order valence-corrected chi connectivity index (χ3v) is 9.89. The van der Waals surface area contributed by atoms with E-state index >= 15 is 8.78 Å². The van der Waals surface area contributed by atoms with E-state index in [1.54, 1.807) is 48.5 Å². The molecule has 5 rings (SSSR count). The first-order chi connectivity index (χ1) is 20.9. The smallest absolute Gasteiger partial charge is 0.167 e. The summed E-state index contributed by atoms with van der Waals surface area (Å²) < 4.78 is 60.4. The minimum Gasteiger partial charge on any atom is -0.203 e. The van der Waals surface area contributed by atoms with Gasteiger partial charge >= 0.3 is 0 Å². The molecule has 2 aliphatic rings. The van der Waals surface area contributed by atoms with E-state index in [0.29, 0.717) is 41.0 Å². The molecular weight excluding hydrogens is 544 g/mol. The number of hydrogen-bond donors (Lipinski definition) is 0. The van der Waals surface area contributed by atoms with Crippen molar-refractivity contribution in [1.82, 2.24) is 0 Å². The predicted octanol–water partition coefficient (Wildman–Crippen LogP) is 12.3. The van der Waals surface area contributed by atoms with Crippen LogP contribution in [0, 0.1) is 41.0 Å². The Labute approximate surface area is 254 Å². The normalized spacial score (nSPS) is 20.9. The van der Waals surface area contributed by atoms with Gasteiger partial charge in [0.1, 0.15) is 0 Å². The lowest BCUT2D eigenvalue weighted by Gasteiger charge is -2.35. The van der Waals surface area contributed by atoms with Crippen LogP contribution in [-0.4, -0.2) is 0 Å². The van der Waals surface area contributed by atoms with E-state index < -0.39 is 23.3 Å². The molecule has 1 saturated carbocycles. The third kappa shape index (κ3) is 7.16. The first-order valence-electron chi connectivity index (χ1n) is 16.3. The molecule has 0 aliphatic heterocycles. The Balaban J connectivity index is 1.26. The molecular formula is C39H44F4. The number of halogens is 4. The van der Waals surface area contributed by atoms with Crippen molar-refractivity contribution in [2.45, 2.75) is 90.9 Å². The zero-order valence-corrected chi connectivity index (χ0v) is 25.6. The predicted molar refractivity (Wildman–Crippen MR) is 171 cm³/mol. The van der Waals surface area contributed by atoms with Crippen LogP contribution in [-0.2, 0) is 6.42 Å². The van der Waals surface area contributed by atoms with Gasteiger partial charge in [0.15, 0.2) is 23.3 Å². The van der Waals surface area contributed by atoms with Crippen LogP contribution >= 0.6 is 0 Å². The molecule has 0 heterocycles. The number of aryl methyl sites for hydroxylation is 1. The van der Waals surface area contributed by atoms with Crippen LogP contribution in [0.2, 0.25) is 0 Å².